The lowest BCUT2D eigenvalue weighted by Gasteiger charge is -2.15. The summed E-state index contributed by atoms with van der Waals surface area (Å²) in [6.07, 6.45) is 1.84. The van der Waals surface area contributed by atoms with E-state index in [-0.39, 0.29) is 11.5 Å². The summed E-state index contributed by atoms with van der Waals surface area (Å²) in [5.41, 5.74) is 2.02. The highest BCUT2D eigenvalue weighted by molar-refractivity contribution is 5.54. The quantitative estimate of drug-likeness (QED) is 0.789. The van der Waals surface area contributed by atoms with Crippen molar-refractivity contribution in [1.29, 1.82) is 15.8 Å². The highest BCUT2D eigenvalue weighted by Crippen LogP contribution is 2.28. The highest BCUT2D eigenvalue weighted by atomic mass is 14.3. The summed E-state index contributed by atoms with van der Waals surface area (Å²) in [7, 11) is 0. The van der Waals surface area contributed by atoms with E-state index in [4.69, 9.17) is 15.8 Å². The smallest absolute Gasteiger partial charge is 0.101 e. The van der Waals surface area contributed by atoms with Gasteiger partial charge in [0.1, 0.15) is 12.1 Å². The fourth-order valence-electron chi connectivity index (χ4n) is 1.96. The highest BCUT2D eigenvalue weighted by Gasteiger charge is 2.15. The Morgan fingerprint density at radius 1 is 0.882 bits per heavy atom. The molecule has 0 fully saturated rings. The van der Waals surface area contributed by atoms with E-state index in [9.17, 15) is 0 Å². The Morgan fingerprint density at radius 3 is 1.76 bits per heavy atom. The van der Waals surface area contributed by atoms with Gasteiger partial charge in [-0.05, 0) is 36.5 Å². The van der Waals surface area contributed by atoms with Gasteiger partial charge >= 0.3 is 0 Å². The van der Waals surface area contributed by atoms with Crippen molar-refractivity contribution in [2.75, 3.05) is 0 Å². The number of rotatable bonds is 3. The van der Waals surface area contributed by atoms with Crippen molar-refractivity contribution in [2.45, 2.75) is 32.6 Å². The molecule has 0 saturated carbocycles. The van der Waals surface area contributed by atoms with Crippen LogP contribution in [0, 0.1) is 34.0 Å². The maximum absolute atomic E-state index is 9.10. The number of benzene rings is 1. The van der Waals surface area contributed by atoms with Crippen molar-refractivity contribution in [1.82, 2.24) is 0 Å². The van der Waals surface area contributed by atoms with E-state index in [1.165, 1.54) is 6.07 Å². The van der Waals surface area contributed by atoms with Crippen LogP contribution in [-0.2, 0) is 0 Å². The van der Waals surface area contributed by atoms with Crippen LogP contribution in [0.1, 0.15) is 54.9 Å². The molecule has 84 valence electrons. The predicted octanol–water partition coefficient (Wildman–Crippen LogP) is 3.21. The lowest BCUT2D eigenvalue weighted by molar-refractivity contribution is 0.640. The van der Waals surface area contributed by atoms with Crippen LogP contribution in [0.4, 0.5) is 0 Å². The van der Waals surface area contributed by atoms with Gasteiger partial charge in [0.15, 0.2) is 0 Å². The van der Waals surface area contributed by atoms with E-state index in [2.05, 4.69) is 19.9 Å². The molecule has 1 aromatic rings. The van der Waals surface area contributed by atoms with Gasteiger partial charge in [-0.15, -0.1) is 0 Å². The molecule has 0 aromatic heterocycles. The van der Waals surface area contributed by atoms with Crippen LogP contribution < -0.4 is 0 Å². The Morgan fingerprint density at radius 2 is 1.35 bits per heavy atom. The van der Waals surface area contributed by atoms with Crippen LogP contribution in [0.3, 0.4) is 0 Å². The Bertz CT molecular complexity index is 534. The molecular weight excluding hydrogens is 210 g/mol. The maximum Gasteiger partial charge on any atom is 0.101 e. The third-order valence-electron chi connectivity index (χ3n) is 2.98. The van der Waals surface area contributed by atoms with E-state index in [0.29, 0.717) is 11.1 Å². The molecule has 0 aliphatic carbocycles. The van der Waals surface area contributed by atoms with Crippen LogP contribution in [-0.4, -0.2) is 0 Å². The van der Waals surface area contributed by atoms with Gasteiger partial charge in [0.05, 0.1) is 22.8 Å². The molecule has 3 heteroatoms. The van der Waals surface area contributed by atoms with Crippen LogP contribution in [0.2, 0.25) is 0 Å². The van der Waals surface area contributed by atoms with Crippen molar-refractivity contribution in [3.05, 3.63) is 34.4 Å². The molecule has 3 nitrogen and oxygen atoms in total. The third kappa shape index (κ3) is 2.44. The molecule has 1 aromatic carbocycles. The van der Waals surface area contributed by atoms with Crippen LogP contribution >= 0.6 is 0 Å². The van der Waals surface area contributed by atoms with E-state index >= 15 is 0 Å². The number of nitrogens with zero attached hydrogens (tertiary/aromatic N) is 3. The summed E-state index contributed by atoms with van der Waals surface area (Å²) in [6.45, 7) is 4.11. The first-order valence-corrected chi connectivity index (χ1v) is 5.59. The molecule has 0 radical (unpaired) electrons. The fraction of sp³-hybridized carbons (Fsp3) is 0.357. The minimum absolute atomic E-state index is 0.268. The SMILES string of the molecule is CCC(CC)c1cc(C#N)c(C#N)cc1C#N. The second-order valence-electron chi connectivity index (χ2n) is 3.83. The first-order valence-electron chi connectivity index (χ1n) is 5.59. The molecule has 0 bridgehead atoms. The number of hydrogen-bond donors (Lipinski definition) is 0. The number of nitriles is 3. The van der Waals surface area contributed by atoms with Gasteiger partial charge < -0.3 is 0 Å². The molecule has 0 aliphatic rings. The van der Waals surface area contributed by atoms with Gasteiger partial charge in [0.2, 0.25) is 0 Å². The maximum atomic E-state index is 9.10. The molecule has 0 amide bonds. The van der Waals surface area contributed by atoms with Gasteiger partial charge in [-0.1, -0.05) is 13.8 Å². The molecule has 0 aliphatic heterocycles. The van der Waals surface area contributed by atoms with Gasteiger partial charge in [-0.2, -0.15) is 15.8 Å². The Hall–Kier alpha value is -2.31. The lowest BCUT2D eigenvalue weighted by Crippen LogP contribution is -2.01. The van der Waals surface area contributed by atoms with Crippen molar-refractivity contribution < 1.29 is 0 Å². The molecule has 0 spiro atoms. The summed E-state index contributed by atoms with van der Waals surface area (Å²) in [5.74, 6) is 0.268. The lowest BCUT2D eigenvalue weighted by atomic mass is 9.88. The van der Waals surface area contributed by atoms with Gasteiger partial charge in [0.25, 0.3) is 0 Å². The molecule has 0 unspecified atom stereocenters. The summed E-state index contributed by atoms with van der Waals surface area (Å²) in [5, 5.41) is 27.0. The molecule has 1 rings (SSSR count). The molecular formula is C14H13N3. The van der Waals surface area contributed by atoms with Gasteiger partial charge in [0, 0.05) is 0 Å². The Balaban J connectivity index is 3.47. The molecule has 17 heavy (non-hydrogen) atoms. The zero-order valence-electron chi connectivity index (χ0n) is 9.99. The van der Waals surface area contributed by atoms with Gasteiger partial charge in [-0.3, -0.25) is 0 Å². The average Bonchev–Trinajstić information content (AvgIpc) is 2.39. The summed E-state index contributed by atoms with van der Waals surface area (Å²) in [4.78, 5) is 0. The minimum Gasteiger partial charge on any atom is -0.192 e. The van der Waals surface area contributed by atoms with E-state index in [1.54, 1.807) is 6.07 Å². The molecule has 0 atom stereocenters. The average molecular weight is 223 g/mol. The van der Waals surface area contributed by atoms with Crippen LogP contribution in [0.15, 0.2) is 12.1 Å². The predicted molar refractivity (Wildman–Crippen MR) is 63.9 cm³/mol. The first kappa shape index (κ1) is 12.8. The third-order valence-corrected chi connectivity index (χ3v) is 2.98. The van der Waals surface area contributed by atoms with E-state index < -0.39 is 0 Å². The summed E-state index contributed by atoms with van der Waals surface area (Å²) >= 11 is 0. The zero-order chi connectivity index (χ0) is 12.8. The molecule has 0 saturated heterocycles. The Kier molecular flexibility index (Phi) is 4.27. The summed E-state index contributed by atoms with van der Waals surface area (Å²) in [6, 6.07) is 9.28. The monoisotopic (exact) mass is 223 g/mol. The molecule has 0 heterocycles. The second kappa shape index (κ2) is 5.69. The minimum atomic E-state index is 0.268. The fourth-order valence-corrected chi connectivity index (χ4v) is 1.96. The summed E-state index contributed by atoms with van der Waals surface area (Å²) < 4.78 is 0. The largest absolute Gasteiger partial charge is 0.192 e. The first-order chi connectivity index (χ1) is 8.21. The van der Waals surface area contributed by atoms with Crippen molar-refractivity contribution >= 4 is 0 Å². The van der Waals surface area contributed by atoms with Crippen molar-refractivity contribution in [2.24, 2.45) is 0 Å². The standard InChI is InChI=1S/C14H13N3/c1-3-10(4-2)14-6-12(8-16)11(7-15)5-13(14)9-17/h5-6,10H,3-4H2,1-2H3. The van der Waals surface area contributed by atoms with Crippen molar-refractivity contribution in [3.8, 4) is 18.2 Å². The second-order valence-corrected chi connectivity index (χ2v) is 3.83. The zero-order valence-corrected chi connectivity index (χ0v) is 9.99. The van der Waals surface area contributed by atoms with Crippen LogP contribution in [0.5, 0.6) is 0 Å². The normalized spacial score (nSPS) is 9.41. The van der Waals surface area contributed by atoms with Crippen LogP contribution in [0.25, 0.3) is 0 Å². The van der Waals surface area contributed by atoms with Crippen molar-refractivity contribution in [3.63, 3.8) is 0 Å². The Labute approximate surface area is 102 Å². The molecule has 0 N–H and O–H groups in total. The number of hydrogen-bond acceptors (Lipinski definition) is 3. The van der Waals surface area contributed by atoms with E-state index in [1.807, 2.05) is 12.1 Å². The van der Waals surface area contributed by atoms with E-state index in [0.717, 1.165) is 18.4 Å². The van der Waals surface area contributed by atoms with Gasteiger partial charge in [-0.25, -0.2) is 0 Å². The topological polar surface area (TPSA) is 71.4 Å².